The maximum absolute atomic E-state index is 13.4. The van der Waals surface area contributed by atoms with E-state index in [4.69, 9.17) is 12.2 Å². The van der Waals surface area contributed by atoms with Crippen LogP contribution in [0.1, 0.15) is 42.3 Å². The molecule has 0 bridgehead atoms. The summed E-state index contributed by atoms with van der Waals surface area (Å²) in [4.78, 5) is 8.88. The Labute approximate surface area is 159 Å². The van der Waals surface area contributed by atoms with Gasteiger partial charge < -0.3 is 0 Å². The standard InChI is InChI=1S/C22H21FN2S/c1-13(2)21-10-16(19-8-6-18(23)9-14(19)3)5-7-20(21)22-17(12-26)11-24-15(4)25-22/h5-13H,1-4H3. The van der Waals surface area contributed by atoms with Crippen molar-refractivity contribution in [2.45, 2.75) is 33.6 Å². The number of aryl methyl sites for hydroxylation is 2. The molecule has 0 saturated heterocycles. The van der Waals surface area contributed by atoms with E-state index in [0.717, 1.165) is 33.5 Å². The predicted octanol–water partition coefficient (Wildman–Crippen LogP) is 6.04. The molecule has 0 saturated carbocycles. The van der Waals surface area contributed by atoms with Crippen molar-refractivity contribution < 1.29 is 4.39 Å². The highest BCUT2D eigenvalue weighted by Gasteiger charge is 2.15. The Morgan fingerprint density at radius 3 is 2.42 bits per heavy atom. The molecular formula is C22H21FN2S. The van der Waals surface area contributed by atoms with Crippen molar-refractivity contribution in [2.24, 2.45) is 0 Å². The summed E-state index contributed by atoms with van der Waals surface area (Å²) in [7, 11) is 0. The van der Waals surface area contributed by atoms with Crippen molar-refractivity contribution in [3.8, 4) is 22.4 Å². The fourth-order valence-corrected chi connectivity index (χ4v) is 3.33. The molecule has 0 aliphatic heterocycles. The number of aromatic nitrogens is 2. The third kappa shape index (κ3) is 3.56. The molecular weight excluding hydrogens is 343 g/mol. The lowest BCUT2D eigenvalue weighted by atomic mass is 9.89. The maximum atomic E-state index is 13.4. The van der Waals surface area contributed by atoms with Gasteiger partial charge in [0.2, 0.25) is 0 Å². The van der Waals surface area contributed by atoms with Crippen LogP contribution in [0.15, 0.2) is 42.6 Å². The SMILES string of the molecule is Cc1ncc(C=S)c(-c2ccc(-c3ccc(F)cc3C)cc2C(C)C)n1. The van der Waals surface area contributed by atoms with Crippen LogP contribution in [0.5, 0.6) is 0 Å². The van der Waals surface area contributed by atoms with Gasteiger partial charge in [-0.2, -0.15) is 0 Å². The van der Waals surface area contributed by atoms with E-state index in [1.807, 2.05) is 19.9 Å². The van der Waals surface area contributed by atoms with Crippen molar-refractivity contribution in [3.05, 3.63) is 70.9 Å². The number of thiocarbonyl (C=S) groups is 1. The summed E-state index contributed by atoms with van der Waals surface area (Å²) in [5.41, 5.74) is 6.98. The average Bonchev–Trinajstić information content (AvgIpc) is 2.61. The van der Waals surface area contributed by atoms with Gasteiger partial charge in [-0.15, -0.1) is 0 Å². The summed E-state index contributed by atoms with van der Waals surface area (Å²) in [5, 5.41) is 1.62. The van der Waals surface area contributed by atoms with E-state index in [0.29, 0.717) is 11.7 Å². The molecule has 3 aromatic rings. The van der Waals surface area contributed by atoms with E-state index in [-0.39, 0.29) is 5.82 Å². The van der Waals surface area contributed by atoms with Crippen LogP contribution in [0.3, 0.4) is 0 Å². The monoisotopic (exact) mass is 364 g/mol. The first-order chi connectivity index (χ1) is 12.4. The fraction of sp³-hybridized carbons (Fsp3) is 0.227. The highest BCUT2D eigenvalue weighted by Crippen LogP contribution is 2.34. The highest BCUT2D eigenvalue weighted by atomic mass is 32.1. The minimum atomic E-state index is -0.214. The van der Waals surface area contributed by atoms with Gasteiger partial charge in [-0.3, -0.25) is 0 Å². The van der Waals surface area contributed by atoms with E-state index in [1.165, 1.54) is 11.6 Å². The molecule has 3 rings (SSSR count). The molecule has 132 valence electrons. The van der Waals surface area contributed by atoms with E-state index in [1.54, 1.807) is 17.6 Å². The lowest BCUT2D eigenvalue weighted by Gasteiger charge is -2.17. The predicted molar refractivity (Wildman–Crippen MR) is 109 cm³/mol. The first-order valence-electron chi connectivity index (χ1n) is 8.60. The Morgan fingerprint density at radius 2 is 1.77 bits per heavy atom. The number of hydrogen-bond donors (Lipinski definition) is 0. The smallest absolute Gasteiger partial charge is 0.125 e. The van der Waals surface area contributed by atoms with Gasteiger partial charge in [0.05, 0.1) is 5.69 Å². The summed E-state index contributed by atoms with van der Waals surface area (Å²) < 4.78 is 13.4. The number of benzene rings is 2. The molecule has 1 aromatic heterocycles. The van der Waals surface area contributed by atoms with Crippen LogP contribution in [0.4, 0.5) is 4.39 Å². The molecule has 4 heteroatoms. The second kappa shape index (κ2) is 7.42. The first-order valence-corrected chi connectivity index (χ1v) is 9.07. The Bertz CT molecular complexity index is 980. The topological polar surface area (TPSA) is 25.8 Å². The van der Waals surface area contributed by atoms with E-state index in [2.05, 4.69) is 42.0 Å². The fourth-order valence-electron chi connectivity index (χ4n) is 3.16. The Hall–Kier alpha value is -2.46. The number of halogens is 1. The van der Waals surface area contributed by atoms with E-state index < -0.39 is 0 Å². The number of rotatable bonds is 4. The molecule has 0 atom stereocenters. The van der Waals surface area contributed by atoms with Gasteiger partial charge in [0.25, 0.3) is 0 Å². The van der Waals surface area contributed by atoms with Crippen molar-refractivity contribution in [3.63, 3.8) is 0 Å². The second-order valence-electron chi connectivity index (χ2n) is 6.75. The van der Waals surface area contributed by atoms with E-state index >= 15 is 0 Å². The van der Waals surface area contributed by atoms with Crippen LogP contribution in [-0.2, 0) is 0 Å². The minimum Gasteiger partial charge on any atom is -0.241 e. The Balaban J connectivity index is 2.20. The van der Waals surface area contributed by atoms with Gasteiger partial charge >= 0.3 is 0 Å². The van der Waals surface area contributed by atoms with Crippen LogP contribution in [0.25, 0.3) is 22.4 Å². The Kier molecular flexibility index (Phi) is 5.23. The van der Waals surface area contributed by atoms with Crippen LogP contribution < -0.4 is 0 Å². The highest BCUT2D eigenvalue weighted by molar-refractivity contribution is 7.79. The zero-order valence-electron chi connectivity index (χ0n) is 15.4. The molecule has 0 amide bonds. The first kappa shape index (κ1) is 18.3. The molecule has 2 nitrogen and oxygen atoms in total. The molecule has 1 heterocycles. The summed E-state index contributed by atoms with van der Waals surface area (Å²) in [6, 6.07) is 11.2. The van der Waals surface area contributed by atoms with Gasteiger partial charge in [-0.05, 0) is 54.2 Å². The third-order valence-corrected chi connectivity index (χ3v) is 4.75. The molecule has 0 unspecified atom stereocenters. The summed E-state index contributed by atoms with van der Waals surface area (Å²) in [6.07, 6.45) is 1.77. The Morgan fingerprint density at radius 1 is 1.04 bits per heavy atom. The molecule has 0 fully saturated rings. The summed E-state index contributed by atoms with van der Waals surface area (Å²) in [5.74, 6) is 0.807. The van der Waals surface area contributed by atoms with Crippen molar-refractivity contribution in [1.29, 1.82) is 0 Å². The molecule has 0 radical (unpaired) electrons. The van der Waals surface area contributed by atoms with Gasteiger partial charge in [0, 0.05) is 22.7 Å². The second-order valence-corrected chi connectivity index (χ2v) is 6.99. The molecule has 26 heavy (non-hydrogen) atoms. The summed E-state index contributed by atoms with van der Waals surface area (Å²) >= 11 is 5.15. The van der Waals surface area contributed by atoms with Crippen molar-refractivity contribution >= 4 is 17.6 Å². The van der Waals surface area contributed by atoms with Crippen LogP contribution in [0.2, 0.25) is 0 Å². The quantitative estimate of drug-likeness (QED) is 0.528. The van der Waals surface area contributed by atoms with Gasteiger partial charge in [0.1, 0.15) is 11.6 Å². The number of hydrogen-bond acceptors (Lipinski definition) is 3. The molecule has 2 aromatic carbocycles. The van der Waals surface area contributed by atoms with Gasteiger partial charge in [-0.25, -0.2) is 14.4 Å². The molecule has 0 spiro atoms. The van der Waals surface area contributed by atoms with Crippen molar-refractivity contribution in [1.82, 2.24) is 9.97 Å². The number of nitrogens with zero attached hydrogens (tertiary/aromatic N) is 2. The lowest BCUT2D eigenvalue weighted by Crippen LogP contribution is -2.01. The lowest BCUT2D eigenvalue weighted by molar-refractivity contribution is 0.627. The zero-order chi connectivity index (χ0) is 18.8. The van der Waals surface area contributed by atoms with Crippen molar-refractivity contribution in [2.75, 3.05) is 0 Å². The van der Waals surface area contributed by atoms with Crippen LogP contribution in [-0.4, -0.2) is 15.3 Å². The van der Waals surface area contributed by atoms with E-state index in [9.17, 15) is 4.39 Å². The molecule has 0 aliphatic rings. The normalized spacial score (nSPS) is 11.0. The largest absolute Gasteiger partial charge is 0.241 e. The zero-order valence-corrected chi connectivity index (χ0v) is 16.2. The third-order valence-electron chi connectivity index (χ3n) is 4.49. The van der Waals surface area contributed by atoms with Crippen LogP contribution in [0, 0.1) is 19.7 Å². The summed E-state index contributed by atoms with van der Waals surface area (Å²) in [6.45, 7) is 8.12. The maximum Gasteiger partial charge on any atom is 0.125 e. The molecule has 0 N–H and O–H groups in total. The van der Waals surface area contributed by atoms with Gasteiger partial charge in [-0.1, -0.05) is 50.3 Å². The minimum absolute atomic E-state index is 0.214. The molecule has 0 aliphatic carbocycles. The van der Waals surface area contributed by atoms with Gasteiger partial charge in [0.15, 0.2) is 0 Å². The van der Waals surface area contributed by atoms with Crippen LogP contribution >= 0.6 is 12.2 Å². The average molecular weight is 364 g/mol.